The number of aromatic carboxylic acids is 1. The first kappa shape index (κ1) is 25.9. The van der Waals surface area contributed by atoms with Gasteiger partial charge in [0, 0.05) is 13.1 Å². The molecule has 0 saturated carbocycles. The first-order valence-electron chi connectivity index (χ1n) is 11.8. The van der Waals surface area contributed by atoms with E-state index in [1.54, 1.807) is 18.0 Å². The average Bonchev–Trinajstić information content (AvgIpc) is 3.36. The number of carboxylic acids is 1. The molecule has 2 atom stereocenters. The van der Waals surface area contributed by atoms with Crippen LogP contribution in [0.2, 0.25) is 0 Å². The number of rotatable bonds is 7. The number of carbonyl (C=O) groups is 2. The predicted octanol–water partition coefficient (Wildman–Crippen LogP) is 3.86. The van der Waals surface area contributed by atoms with Crippen LogP contribution in [0, 0.1) is 0 Å². The molecule has 5 N–H and O–H groups in total. The standard InChI is InChI=1S/C24H25F3N6O4S/c1-32-17-8-5-13(21(35)36)11-16(17)30-23(32,19(20(28)34)33-9-3-2-4-10-33)31-22-29-15-7-6-14(12-18(15)38-22)37-24(25,26)27/h5-8,11-12,19,30H,2-4,9-10H2,1H3,(H2,28,34)(H,29,31)(H,35,36). The van der Waals surface area contributed by atoms with Crippen LogP contribution in [0.3, 0.4) is 0 Å². The lowest BCUT2D eigenvalue weighted by Crippen LogP contribution is -2.72. The second kappa shape index (κ2) is 9.51. The van der Waals surface area contributed by atoms with Crippen LogP contribution in [0.15, 0.2) is 36.4 Å². The van der Waals surface area contributed by atoms with Gasteiger partial charge in [-0.05, 0) is 56.3 Å². The quantitative estimate of drug-likeness (QED) is 0.346. The highest BCUT2D eigenvalue weighted by Gasteiger charge is 2.54. The molecule has 1 amide bonds. The number of amides is 1. The smallest absolute Gasteiger partial charge is 0.478 e. The van der Waals surface area contributed by atoms with Gasteiger partial charge in [0.15, 0.2) is 11.2 Å². The highest BCUT2D eigenvalue weighted by molar-refractivity contribution is 7.22. The zero-order valence-corrected chi connectivity index (χ0v) is 21.0. The van der Waals surface area contributed by atoms with E-state index in [0.29, 0.717) is 39.8 Å². The number of nitrogens with one attached hydrogen (secondary N) is 2. The predicted molar refractivity (Wildman–Crippen MR) is 136 cm³/mol. The number of hydrogen-bond acceptors (Lipinski definition) is 9. The van der Waals surface area contributed by atoms with Crippen LogP contribution in [0.25, 0.3) is 10.2 Å². The topological polar surface area (TPSA) is 133 Å². The van der Waals surface area contributed by atoms with E-state index in [2.05, 4.69) is 20.4 Å². The van der Waals surface area contributed by atoms with Gasteiger partial charge in [-0.2, -0.15) is 0 Å². The Balaban J connectivity index is 1.58. The van der Waals surface area contributed by atoms with Crippen LogP contribution in [0.1, 0.15) is 29.6 Å². The number of likely N-dealkylation sites (tertiary alicyclic amines) is 1. The molecule has 5 rings (SSSR count). The van der Waals surface area contributed by atoms with Gasteiger partial charge in [-0.3, -0.25) is 9.69 Å². The van der Waals surface area contributed by atoms with Crippen molar-refractivity contribution >= 4 is 49.9 Å². The number of benzene rings is 2. The average molecular weight is 551 g/mol. The summed E-state index contributed by atoms with van der Waals surface area (Å²) in [6, 6.07) is 7.51. The van der Waals surface area contributed by atoms with Crippen molar-refractivity contribution in [1.82, 2.24) is 9.88 Å². The third-order valence-electron chi connectivity index (χ3n) is 6.77. The van der Waals surface area contributed by atoms with Gasteiger partial charge in [0.2, 0.25) is 11.7 Å². The number of nitrogens with two attached hydrogens (primary N) is 1. The molecular formula is C24H25F3N6O4S. The fourth-order valence-corrected chi connectivity index (χ4v) is 6.07. The summed E-state index contributed by atoms with van der Waals surface area (Å²) >= 11 is 1.09. The van der Waals surface area contributed by atoms with E-state index < -0.39 is 30.1 Å². The SMILES string of the molecule is CN1c2ccc(C(=O)O)cc2NC1(Nc1nc2ccc(OC(F)(F)F)cc2s1)C(C(N)=O)N1CCCCC1. The minimum absolute atomic E-state index is 0.0613. The molecule has 1 aromatic heterocycles. The Bertz CT molecular complexity index is 1390. The van der Waals surface area contributed by atoms with Gasteiger partial charge in [-0.15, -0.1) is 13.2 Å². The van der Waals surface area contributed by atoms with Crippen LogP contribution in [-0.4, -0.2) is 65.2 Å². The van der Waals surface area contributed by atoms with Crippen molar-refractivity contribution < 1.29 is 32.6 Å². The number of anilines is 3. The lowest BCUT2D eigenvalue weighted by atomic mass is 10.0. The maximum atomic E-state index is 13.0. The van der Waals surface area contributed by atoms with E-state index >= 15 is 0 Å². The number of halogens is 3. The second-order valence-corrected chi connectivity index (χ2v) is 10.2. The van der Waals surface area contributed by atoms with Gasteiger partial charge in [0.25, 0.3) is 0 Å². The van der Waals surface area contributed by atoms with Crippen LogP contribution < -0.4 is 26.0 Å². The number of thiazole rings is 1. The molecule has 2 aliphatic rings. The van der Waals surface area contributed by atoms with E-state index in [4.69, 9.17) is 5.73 Å². The van der Waals surface area contributed by atoms with Crippen molar-refractivity contribution in [3.05, 3.63) is 42.0 Å². The van der Waals surface area contributed by atoms with Gasteiger partial charge < -0.3 is 31.1 Å². The van der Waals surface area contributed by atoms with Crippen LogP contribution >= 0.6 is 11.3 Å². The van der Waals surface area contributed by atoms with Gasteiger partial charge in [-0.25, -0.2) is 9.78 Å². The summed E-state index contributed by atoms with van der Waals surface area (Å²) < 4.78 is 42.6. The fourth-order valence-electron chi connectivity index (χ4n) is 5.12. The Hall–Kier alpha value is -3.78. The van der Waals surface area contributed by atoms with E-state index in [1.807, 2.05) is 4.90 Å². The van der Waals surface area contributed by atoms with Gasteiger partial charge >= 0.3 is 12.3 Å². The fraction of sp³-hybridized carbons (Fsp3) is 0.375. The van der Waals surface area contributed by atoms with Crippen molar-refractivity contribution in [2.75, 3.05) is 35.7 Å². The minimum Gasteiger partial charge on any atom is -0.478 e. The zero-order chi connectivity index (χ0) is 27.2. The van der Waals surface area contributed by atoms with Crippen molar-refractivity contribution in [3.63, 3.8) is 0 Å². The van der Waals surface area contributed by atoms with Gasteiger partial charge in [0.1, 0.15) is 5.75 Å². The van der Waals surface area contributed by atoms with Crippen LogP contribution in [0.4, 0.5) is 29.7 Å². The van der Waals surface area contributed by atoms with E-state index in [1.165, 1.54) is 30.3 Å². The zero-order valence-electron chi connectivity index (χ0n) is 20.2. The van der Waals surface area contributed by atoms with Crippen LogP contribution in [-0.2, 0) is 4.79 Å². The Kier molecular flexibility index (Phi) is 6.47. The normalized spacial score (nSPS) is 20.6. The first-order valence-corrected chi connectivity index (χ1v) is 12.7. The maximum absolute atomic E-state index is 13.0. The molecule has 2 unspecified atom stereocenters. The number of likely N-dealkylation sites (N-methyl/N-ethyl adjacent to an activating group) is 1. The second-order valence-electron chi connectivity index (χ2n) is 9.21. The number of nitrogens with zero attached hydrogens (tertiary/aromatic N) is 3. The van der Waals surface area contributed by atoms with Crippen molar-refractivity contribution in [2.45, 2.75) is 37.5 Å². The Labute approximate surface area is 219 Å². The monoisotopic (exact) mass is 550 g/mol. The molecule has 0 bridgehead atoms. The summed E-state index contributed by atoms with van der Waals surface area (Å²) in [6.07, 6.45) is -2.05. The molecule has 2 aromatic carbocycles. The molecule has 3 aromatic rings. The van der Waals surface area contributed by atoms with E-state index in [0.717, 1.165) is 30.6 Å². The molecule has 38 heavy (non-hydrogen) atoms. The van der Waals surface area contributed by atoms with Crippen molar-refractivity contribution in [1.29, 1.82) is 0 Å². The largest absolute Gasteiger partial charge is 0.573 e. The van der Waals surface area contributed by atoms with E-state index in [9.17, 15) is 27.9 Å². The third kappa shape index (κ3) is 4.76. The molecule has 202 valence electrons. The molecule has 2 aliphatic heterocycles. The lowest BCUT2D eigenvalue weighted by Gasteiger charge is -2.47. The third-order valence-corrected chi connectivity index (χ3v) is 7.70. The number of alkyl halides is 3. The number of carbonyl (C=O) groups excluding carboxylic acids is 1. The van der Waals surface area contributed by atoms with Gasteiger partial charge in [0.05, 0.1) is 27.2 Å². The number of piperidine rings is 1. The Morgan fingerprint density at radius 3 is 2.61 bits per heavy atom. The molecule has 10 nitrogen and oxygen atoms in total. The molecule has 3 heterocycles. The number of carboxylic acid groups (broad SMARTS) is 1. The summed E-state index contributed by atoms with van der Waals surface area (Å²) in [5, 5.41) is 16.4. The molecule has 14 heteroatoms. The maximum Gasteiger partial charge on any atom is 0.573 e. The number of fused-ring (bicyclic) bond motifs is 2. The summed E-state index contributed by atoms with van der Waals surface area (Å²) in [6.45, 7) is 1.25. The number of hydrogen-bond donors (Lipinski definition) is 4. The molecule has 0 spiro atoms. The minimum atomic E-state index is -4.83. The molecule has 1 fully saturated rings. The van der Waals surface area contributed by atoms with E-state index in [-0.39, 0.29) is 11.3 Å². The summed E-state index contributed by atoms with van der Waals surface area (Å²) in [4.78, 5) is 32.9. The summed E-state index contributed by atoms with van der Waals surface area (Å²) in [5.41, 5.74) is 7.60. The summed E-state index contributed by atoms with van der Waals surface area (Å²) in [5.74, 6) is -3.45. The van der Waals surface area contributed by atoms with Crippen LogP contribution in [0.5, 0.6) is 5.75 Å². The van der Waals surface area contributed by atoms with Crippen molar-refractivity contribution in [3.8, 4) is 5.75 Å². The number of primary amides is 1. The lowest BCUT2D eigenvalue weighted by molar-refractivity contribution is -0.274. The van der Waals surface area contributed by atoms with Gasteiger partial charge in [-0.1, -0.05) is 17.8 Å². The van der Waals surface area contributed by atoms with Crippen molar-refractivity contribution in [2.24, 2.45) is 5.73 Å². The Morgan fingerprint density at radius 2 is 1.95 bits per heavy atom. The molecular weight excluding hydrogens is 525 g/mol. The molecule has 1 saturated heterocycles. The first-order chi connectivity index (χ1) is 18.0. The highest BCUT2D eigenvalue weighted by atomic mass is 32.1. The number of ether oxygens (including phenoxy) is 1. The highest BCUT2D eigenvalue weighted by Crippen LogP contribution is 2.44. The summed E-state index contributed by atoms with van der Waals surface area (Å²) in [7, 11) is 1.74. The molecule has 0 radical (unpaired) electrons. The Morgan fingerprint density at radius 1 is 1.21 bits per heavy atom. The number of aromatic nitrogens is 1. The molecule has 0 aliphatic carbocycles.